The zero-order valence-electron chi connectivity index (χ0n) is 12.5. The molecule has 0 saturated carbocycles. The van der Waals surface area contributed by atoms with Gasteiger partial charge in [-0.2, -0.15) is 0 Å². The predicted molar refractivity (Wildman–Crippen MR) is 77.1 cm³/mol. The fraction of sp³-hybridized carbons (Fsp3) is 0.688. The summed E-state index contributed by atoms with van der Waals surface area (Å²) in [6.45, 7) is 3.12. The van der Waals surface area contributed by atoms with Crippen molar-refractivity contribution in [1.29, 1.82) is 0 Å². The summed E-state index contributed by atoms with van der Waals surface area (Å²) in [5.41, 5.74) is -0.0155. The monoisotopic (exact) mass is 293 g/mol. The summed E-state index contributed by atoms with van der Waals surface area (Å²) in [5.74, 6) is 1.01. The molecule has 1 amide bonds. The molecule has 1 spiro atoms. The summed E-state index contributed by atoms with van der Waals surface area (Å²) < 4.78 is 16.4. The predicted octanol–water partition coefficient (Wildman–Crippen LogP) is 2.33. The number of nitrogens with zero attached hydrogens (tertiary/aromatic N) is 1. The normalized spacial score (nSPS) is 24.6. The van der Waals surface area contributed by atoms with Gasteiger partial charge in [-0.1, -0.05) is 0 Å². The van der Waals surface area contributed by atoms with E-state index in [4.69, 9.17) is 13.9 Å². The zero-order valence-corrected chi connectivity index (χ0v) is 12.5. The SMILES string of the molecule is COCC[C@@H]1COC2(CCN(C(=O)c3ccco3)CC2)C1. The van der Waals surface area contributed by atoms with Gasteiger partial charge in [0, 0.05) is 26.8 Å². The number of likely N-dealkylation sites (tertiary alicyclic amines) is 1. The average molecular weight is 293 g/mol. The lowest BCUT2D eigenvalue weighted by molar-refractivity contribution is -0.0396. The van der Waals surface area contributed by atoms with E-state index in [1.54, 1.807) is 25.5 Å². The van der Waals surface area contributed by atoms with E-state index in [9.17, 15) is 4.79 Å². The van der Waals surface area contributed by atoms with Crippen molar-refractivity contribution >= 4 is 5.91 Å². The van der Waals surface area contributed by atoms with Gasteiger partial charge in [0.25, 0.3) is 5.91 Å². The quantitative estimate of drug-likeness (QED) is 0.855. The Labute approximate surface area is 125 Å². The number of carbonyl (C=O) groups excluding carboxylic acids is 1. The van der Waals surface area contributed by atoms with Crippen LogP contribution in [0.15, 0.2) is 22.8 Å². The van der Waals surface area contributed by atoms with Crippen molar-refractivity contribution in [2.75, 3.05) is 33.4 Å². The highest BCUT2D eigenvalue weighted by atomic mass is 16.5. The molecular formula is C16H23NO4. The smallest absolute Gasteiger partial charge is 0.289 e. The van der Waals surface area contributed by atoms with E-state index >= 15 is 0 Å². The van der Waals surface area contributed by atoms with Gasteiger partial charge in [0.1, 0.15) is 0 Å². The van der Waals surface area contributed by atoms with Gasteiger partial charge in [-0.25, -0.2) is 0 Å². The number of ether oxygens (including phenoxy) is 2. The molecule has 0 bridgehead atoms. The molecule has 2 aliphatic heterocycles. The van der Waals surface area contributed by atoms with E-state index < -0.39 is 0 Å². The van der Waals surface area contributed by atoms with Crippen LogP contribution in [0.4, 0.5) is 0 Å². The summed E-state index contributed by atoms with van der Waals surface area (Å²) >= 11 is 0. The number of hydrogen-bond acceptors (Lipinski definition) is 4. The standard InChI is InChI=1S/C16H23NO4/c1-19-10-4-13-11-16(21-12-13)5-7-17(8-6-16)15(18)14-3-2-9-20-14/h2-3,9,13H,4-8,10-12H2,1H3/t13-/m0/s1. The number of furan rings is 1. The molecule has 21 heavy (non-hydrogen) atoms. The highest BCUT2D eigenvalue weighted by Crippen LogP contribution is 2.39. The lowest BCUT2D eigenvalue weighted by Gasteiger charge is -2.38. The van der Waals surface area contributed by atoms with Crippen molar-refractivity contribution in [3.63, 3.8) is 0 Å². The van der Waals surface area contributed by atoms with Gasteiger partial charge in [0.2, 0.25) is 0 Å². The summed E-state index contributed by atoms with van der Waals surface area (Å²) in [5, 5.41) is 0. The van der Waals surface area contributed by atoms with Gasteiger partial charge in [-0.05, 0) is 43.7 Å². The Morgan fingerprint density at radius 1 is 1.48 bits per heavy atom. The molecular weight excluding hydrogens is 270 g/mol. The minimum atomic E-state index is -0.0155. The minimum Gasteiger partial charge on any atom is -0.459 e. The Kier molecular flexibility index (Phi) is 4.31. The Morgan fingerprint density at radius 2 is 2.29 bits per heavy atom. The number of methoxy groups -OCH3 is 1. The molecule has 5 nitrogen and oxygen atoms in total. The van der Waals surface area contributed by atoms with Crippen LogP contribution in [0.3, 0.4) is 0 Å². The first kappa shape index (κ1) is 14.6. The number of carbonyl (C=O) groups is 1. The molecule has 0 unspecified atom stereocenters. The maximum Gasteiger partial charge on any atom is 0.289 e. The van der Waals surface area contributed by atoms with Crippen molar-refractivity contribution in [3.05, 3.63) is 24.2 Å². The fourth-order valence-corrected chi connectivity index (χ4v) is 3.43. The molecule has 116 valence electrons. The van der Waals surface area contributed by atoms with Crippen molar-refractivity contribution in [2.24, 2.45) is 5.92 Å². The highest BCUT2D eigenvalue weighted by Gasteiger charge is 2.43. The Hall–Kier alpha value is -1.33. The molecule has 1 aromatic heterocycles. The largest absolute Gasteiger partial charge is 0.459 e. The molecule has 2 fully saturated rings. The summed E-state index contributed by atoms with van der Waals surface area (Å²) in [7, 11) is 1.74. The van der Waals surface area contributed by atoms with Crippen LogP contribution in [0.5, 0.6) is 0 Å². The minimum absolute atomic E-state index is 0.0104. The van der Waals surface area contributed by atoms with Gasteiger partial charge < -0.3 is 18.8 Å². The summed E-state index contributed by atoms with van der Waals surface area (Å²) in [6.07, 6.45) is 5.54. The van der Waals surface area contributed by atoms with E-state index in [0.717, 1.165) is 52.0 Å². The third kappa shape index (κ3) is 3.14. The lowest BCUT2D eigenvalue weighted by Crippen LogP contribution is -2.46. The van der Waals surface area contributed by atoms with Crippen LogP contribution in [-0.4, -0.2) is 49.8 Å². The second-order valence-corrected chi connectivity index (χ2v) is 6.12. The molecule has 3 rings (SSSR count). The molecule has 2 saturated heterocycles. The second kappa shape index (κ2) is 6.20. The van der Waals surface area contributed by atoms with E-state index in [1.807, 2.05) is 4.90 Å². The zero-order chi connectivity index (χ0) is 14.7. The summed E-state index contributed by atoms with van der Waals surface area (Å²) in [4.78, 5) is 14.1. The molecule has 0 radical (unpaired) electrons. The first-order valence-corrected chi connectivity index (χ1v) is 7.68. The van der Waals surface area contributed by atoms with Crippen LogP contribution < -0.4 is 0 Å². The lowest BCUT2D eigenvalue weighted by atomic mass is 9.84. The molecule has 0 aromatic carbocycles. The topological polar surface area (TPSA) is 51.9 Å². The van der Waals surface area contributed by atoms with Crippen LogP contribution >= 0.6 is 0 Å². The van der Waals surface area contributed by atoms with Crippen molar-refractivity contribution in [2.45, 2.75) is 31.3 Å². The molecule has 0 aliphatic carbocycles. The third-order valence-corrected chi connectivity index (χ3v) is 4.71. The van der Waals surface area contributed by atoms with Crippen molar-refractivity contribution < 1.29 is 18.7 Å². The van der Waals surface area contributed by atoms with Crippen LogP contribution in [-0.2, 0) is 9.47 Å². The molecule has 5 heteroatoms. The van der Waals surface area contributed by atoms with E-state index in [2.05, 4.69) is 0 Å². The van der Waals surface area contributed by atoms with Crippen LogP contribution in [0.1, 0.15) is 36.2 Å². The first-order chi connectivity index (χ1) is 10.2. The maximum atomic E-state index is 12.2. The highest BCUT2D eigenvalue weighted by molar-refractivity contribution is 5.91. The average Bonchev–Trinajstić information content (AvgIpc) is 3.16. The van der Waals surface area contributed by atoms with E-state index in [0.29, 0.717) is 11.7 Å². The molecule has 3 heterocycles. The maximum absolute atomic E-state index is 12.2. The van der Waals surface area contributed by atoms with Gasteiger partial charge in [0.05, 0.1) is 18.5 Å². The third-order valence-electron chi connectivity index (χ3n) is 4.71. The number of hydrogen-bond donors (Lipinski definition) is 0. The Morgan fingerprint density at radius 3 is 2.95 bits per heavy atom. The van der Waals surface area contributed by atoms with Crippen molar-refractivity contribution in [3.8, 4) is 0 Å². The first-order valence-electron chi connectivity index (χ1n) is 7.68. The van der Waals surface area contributed by atoms with Crippen LogP contribution in [0.2, 0.25) is 0 Å². The van der Waals surface area contributed by atoms with Crippen LogP contribution in [0.25, 0.3) is 0 Å². The fourth-order valence-electron chi connectivity index (χ4n) is 3.43. The molecule has 2 aliphatic rings. The van der Waals surface area contributed by atoms with E-state index in [-0.39, 0.29) is 11.5 Å². The molecule has 1 aromatic rings. The number of piperidine rings is 1. The van der Waals surface area contributed by atoms with Gasteiger partial charge in [0.15, 0.2) is 5.76 Å². The second-order valence-electron chi connectivity index (χ2n) is 6.12. The van der Waals surface area contributed by atoms with Gasteiger partial charge in [-0.15, -0.1) is 0 Å². The van der Waals surface area contributed by atoms with Crippen LogP contribution in [0, 0.1) is 5.92 Å². The Bertz CT molecular complexity index is 463. The molecule has 0 N–H and O–H groups in total. The van der Waals surface area contributed by atoms with Crippen molar-refractivity contribution in [1.82, 2.24) is 4.90 Å². The Balaban J connectivity index is 1.52. The van der Waals surface area contributed by atoms with Gasteiger partial charge >= 0.3 is 0 Å². The summed E-state index contributed by atoms with van der Waals surface area (Å²) in [6, 6.07) is 3.47. The number of rotatable bonds is 4. The van der Waals surface area contributed by atoms with E-state index in [1.165, 1.54) is 0 Å². The molecule has 1 atom stereocenters. The van der Waals surface area contributed by atoms with Gasteiger partial charge in [-0.3, -0.25) is 4.79 Å². The number of amides is 1.